The Kier molecular flexibility index (Phi) is 3.69. The molecule has 3 saturated heterocycles. The monoisotopic (exact) mass is 370 g/mol. The van der Waals surface area contributed by atoms with E-state index in [9.17, 15) is 13.2 Å². The number of sulfonamides is 1. The lowest BCUT2D eigenvalue weighted by molar-refractivity contribution is -0.148. The summed E-state index contributed by atoms with van der Waals surface area (Å²) in [6.45, 7) is 2.90. The number of halogens is 1. The van der Waals surface area contributed by atoms with Crippen LogP contribution in [-0.2, 0) is 26.1 Å². The quantitative estimate of drug-likeness (QED) is 0.785. The zero-order valence-corrected chi connectivity index (χ0v) is 14.9. The minimum absolute atomic E-state index is 0.0333. The highest BCUT2D eigenvalue weighted by Crippen LogP contribution is 2.46. The number of fused-ring (bicyclic) bond motifs is 1. The Morgan fingerprint density at radius 1 is 1.42 bits per heavy atom. The molecule has 1 amide bonds. The Morgan fingerprint density at radius 2 is 2.21 bits per heavy atom. The van der Waals surface area contributed by atoms with Gasteiger partial charge in [-0.2, -0.15) is 4.31 Å². The second-order valence-electron chi connectivity index (χ2n) is 6.87. The number of carbonyl (C=O) groups is 1. The number of likely N-dealkylation sites (tertiary alicyclic amines) is 1. The summed E-state index contributed by atoms with van der Waals surface area (Å²) in [5.74, 6) is -0.0333. The molecule has 6 nitrogen and oxygen atoms in total. The molecule has 3 heterocycles. The van der Waals surface area contributed by atoms with E-state index in [0.29, 0.717) is 24.5 Å². The van der Waals surface area contributed by atoms with Crippen molar-refractivity contribution in [2.75, 3.05) is 19.6 Å². The lowest BCUT2D eigenvalue weighted by Gasteiger charge is -2.39. The summed E-state index contributed by atoms with van der Waals surface area (Å²) in [5, 5.41) is 0.0118. The molecule has 4 rings (SSSR count). The second-order valence-corrected chi connectivity index (χ2v) is 9.42. The Balaban J connectivity index is 1.63. The molecule has 3 aliphatic heterocycles. The summed E-state index contributed by atoms with van der Waals surface area (Å²) >= 11 is 6.00. The number of amides is 1. The van der Waals surface area contributed by atoms with Gasteiger partial charge in [-0.25, -0.2) is 8.42 Å². The average Bonchev–Trinajstić information content (AvgIpc) is 2.86. The van der Waals surface area contributed by atoms with Gasteiger partial charge in [0.15, 0.2) is 0 Å². The van der Waals surface area contributed by atoms with Crippen LogP contribution >= 0.6 is 11.6 Å². The largest absolute Gasteiger partial charge is 0.365 e. The molecule has 0 aromatic heterocycles. The van der Waals surface area contributed by atoms with Crippen molar-refractivity contribution in [1.29, 1.82) is 0 Å². The Morgan fingerprint density at radius 3 is 2.92 bits per heavy atom. The fraction of sp³-hybridized carbons (Fsp3) is 0.562. The van der Waals surface area contributed by atoms with Gasteiger partial charge in [0.05, 0.1) is 12.6 Å². The number of carbonyl (C=O) groups excluding carboxylic acids is 1. The van der Waals surface area contributed by atoms with Gasteiger partial charge in [0.2, 0.25) is 15.9 Å². The molecule has 0 radical (unpaired) electrons. The zero-order valence-electron chi connectivity index (χ0n) is 13.3. The van der Waals surface area contributed by atoms with Crippen LogP contribution in [0, 0.1) is 0 Å². The van der Waals surface area contributed by atoms with Crippen molar-refractivity contribution < 1.29 is 17.9 Å². The van der Waals surface area contributed by atoms with Crippen LogP contribution in [0.15, 0.2) is 24.3 Å². The molecular formula is C16H19ClN2O4S. The summed E-state index contributed by atoms with van der Waals surface area (Å²) in [7, 11) is -3.46. The minimum Gasteiger partial charge on any atom is -0.365 e. The molecule has 24 heavy (non-hydrogen) atoms. The number of morpholine rings is 1. The summed E-state index contributed by atoms with van der Waals surface area (Å²) < 4.78 is 33.5. The third kappa shape index (κ3) is 2.45. The lowest BCUT2D eigenvalue weighted by Crippen LogP contribution is -2.56. The van der Waals surface area contributed by atoms with Crippen LogP contribution in [0.5, 0.6) is 0 Å². The van der Waals surface area contributed by atoms with Crippen LogP contribution < -0.4 is 0 Å². The molecule has 8 heteroatoms. The standard InChI is InChI=1S/C16H19ClN2O4S/c1-11(20)18-8-14-6-15-16(9-18,23-14)10-19(24(15,21)22)7-12-3-2-4-13(17)5-12/h2-5,14-15H,6-10H2,1H3/t14-,15+,16+/m1/s1. The van der Waals surface area contributed by atoms with E-state index in [1.807, 2.05) is 12.1 Å². The maximum Gasteiger partial charge on any atom is 0.220 e. The van der Waals surface area contributed by atoms with Gasteiger partial charge < -0.3 is 9.64 Å². The van der Waals surface area contributed by atoms with E-state index in [2.05, 4.69) is 0 Å². The fourth-order valence-corrected chi connectivity index (χ4v) is 6.67. The van der Waals surface area contributed by atoms with Crippen molar-refractivity contribution in [3.63, 3.8) is 0 Å². The van der Waals surface area contributed by atoms with Gasteiger partial charge in [0, 0.05) is 31.6 Å². The van der Waals surface area contributed by atoms with Crippen molar-refractivity contribution in [1.82, 2.24) is 9.21 Å². The Labute approximate surface area is 146 Å². The first-order chi connectivity index (χ1) is 11.3. The molecule has 1 aromatic rings. The van der Waals surface area contributed by atoms with E-state index < -0.39 is 20.9 Å². The molecule has 0 saturated carbocycles. The summed E-state index contributed by atoms with van der Waals surface area (Å²) in [6, 6.07) is 7.20. The number of hydrogen-bond donors (Lipinski definition) is 0. The maximum absolute atomic E-state index is 13.0. The van der Waals surface area contributed by atoms with Crippen LogP contribution in [0.2, 0.25) is 5.02 Å². The molecule has 3 aliphatic rings. The third-order valence-electron chi connectivity index (χ3n) is 5.20. The highest BCUT2D eigenvalue weighted by atomic mass is 35.5. The predicted molar refractivity (Wildman–Crippen MR) is 89.0 cm³/mol. The van der Waals surface area contributed by atoms with Gasteiger partial charge in [-0.05, 0) is 24.1 Å². The van der Waals surface area contributed by atoms with Gasteiger partial charge in [0.1, 0.15) is 10.9 Å². The number of benzene rings is 1. The van der Waals surface area contributed by atoms with Crippen molar-refractivity contribution in [2.45, 2.75) is 36.8 Å². The van der Waals surface area contributed by atoms with Crippen LogP contribution in [0.4, 0.5) is 0 Å². The van der Waals surface area contributed by atoms with Gasteiger partial charge in [-0.15, -0.1) is 0 Å². The van der Waals surface area contributed by atoms with Gasteiger partial charge in [-0.3, -0.25) is 4.79 Å². The van der Waals surface area contributed by atoms with E-state index in [0.717, 1.165) is 5.56 Å². The maximum atomic E-state index is 13.0. The number of ether oxygens (including phenoxy) is 1. The molecule has 3 fully saturated rings. The van der Waals surface area contributed by atoms with Crippen LogP contribution in [0.25, 0.3) is 0 Å². The molecule has 3 atom stereocenters. The highest BCUT2D eigenvalue weighted by Gasteiger charge is 2.65. The van der Waals surface area contributed by atoms with E-state index in [1.165, 1.54) is 11.2 Å². The topological polar surface area (TPSA) is 66.9 Å². The van der Waals surface area contributed by atoms with Crippen LogP contribution in [-0.4, -0.2) is 60.1 Å². The molecule has 1 aromatic carbocycles. The Hall–Kier alpha value is -1.15. The van der Waals surface area contributed by atoms with Crippen LogP contribution in [0.3, 0.4) is 0 Å². The zero-order chi connectivity index (χ0) is 17.1. The predicted octanol–water partition coefficient (Wildman–Crippen LogP) is 1.24. The fourth-order valence-electron chi connectivity index (χ4n) is 4.17. The van der Waals surface area contributed by atoms with E-state index in [-0.39, 0.29) is 25.1 Å². The average molecular weight is 371 g/mol. The molecule has 1 spiro atoms. The van der Waals surface area contributed by atoms with Gasteiger partial charge in [0.25, 0.3) is 0 Å². The van der Waals surface area contributed by atoms with Crippen molar-refractivity contribution in [2.24, 2.45) is 0 Å². The van der Waals surface area contributed by atoms with Gasteiger partial charge >= 0.3 is 0 Å². The molecule has 0 N–H and O–H groups in total. The minimum atomic E-state index is -3.46. The molecule has 0 unspecified atom stereocenters. The molecule has 2 bridgehead atoms. The van der Waals surface area contributed by atoms with Crippen LogP contribution in [0.1, 0.15) is 18.9 Å². The SMILES string of the molecule is CC(=O)N1C[C@H]2C[C@H]3[C@](C1)(CN(Cc1cccc(Cl)c1)S3(=O)=O)O2. The van der Waals surface area contributed by atoms with Gasteiger partial charge in [-0.1, -0.05) is 23.7 Å². The Bertz CT molecular complexity index is 799. The van der Waals surface area contributed by atoms with Crippen molar-refractivity contribution in [3.05, 3.63) is 34.9 Å². The van der Waals surface area contributed by atoms with E-state index in [4.69, 9.17) is 16.3 Å². The summed E-state index contributed by atoms with van der Waals surface area (Å²) in [5.41, 5.74) is 0.0460. The first kappa shape index (κ1) is 16.3. The third-order valence-corrected chi connectivity index (χ3v) is 7.76. The molecule has 130 valence electrons. The molecule has 0 aliphatic carbocycles. The van der Waals surface area contributed by atoms with E-state index >= 15 is 0 Å². The highest BCUT2D eigenvalue weighted by molar-refractivity contribution is 7.90. The summed E-state index contributed by atoms with van der Waals surface area (Å²) in [6.07, 6.45) is 0.272. The normalized spacial score (nSPS) is 34.3. The first-order valence-corrected chi connectivity index (χ1v) is 9.85. The van der Waals surface area contributed by atoms with Crippen molar-refractivity contribution >= 4 is 27.5 Å². The first-order valence-electron chi connectivity index (χ1n) is 7.97. The second kappa shape index (κ2) is 5.42. The number of nitrogens with zero attached hydrogens (tertiary/aromatic N) is 2. The summed E-state index contributed by atoms with van der Waals surface area (Å²) in [4.78, 5) is 13.5. The number of hydrogen-bond acceptors (Lipinski definition) is 4. The number of rotatable bonds is 2. The van der Waals surface area contributed by atoms with Crippen molar-refractivity contribution in [3.8, 4) is 0 Å². The lowest BCUT2D eigenvalue weighted by atomic mass is 9.99. The van der Waals surface area contributed by atoms with E-state index in [1.54, 1.807) is 17.0 Å². The molecular weight excluding hydrogens is 352 g/mol. The smallest absolute Gasteiger partial charge is 0.220 e.